The molecular weight excluding hydrogens is 422 g/mol. The smallest absolute Gasteiger partial charge is 0.245 e. The maximum atomic E-state index is 12.9. The Morgan fingerprint density at radius 2 is 1.71 bits per heavy atom. The first-order valence-electron chi connectivity index (χ1n) is 6.52. The van der Waals surface area contributed by atoms with E-state index in [-0.39, 0.29) is 10.9 Å². The number of anilines is 1. The lowest BCUT2D eigenvalue weighted by Gasteiger charge is -2.30. The minimum absolute atomic E-state index is 0.133. The van der Waals surface area contributed by atoms with E-state index in [1.54, 1.807) is 12.1 Å². The average molecular weight is 443 g/mol. The van der Waals surface area contributed by atoms with Crippen LogP contribution in [0.5, 0.6) is 0 Å². The number of rotatable bonds is 6. The summed E-state index contributed by atoms with van der Waals surface area (Å²) in [6.45, 7) is 4.79. The van der Waals surface area contributed by atoms with E-state index in [0.717, 1.165) is 0 Å². The van der Waals surface area contributed by atoms with Crippen molar-refractivity contribution in [1.29, 1.82) is 0 Å². The molecule has 0 saturated carbocycles. The third kappa shape index (κ3) is 4.41. The molecule has 8 heteroatoms. The Labute approximate surface area is 143 Å². The number of benzene rings is 1. The maximum Gasteiger partial charge on any atom is 0.245 e. The Morgan fingerprint density at radius 3 is 2.10 bits per heavy atom. The molecule has 1 aromatic carbocycles. The molecule has 2 N–H and O–H groups in total. The van der Waals surface area contributed by atoms with Gasteiger partial charge in [0.2, 0.25) is 10.0 Å². The van der Waals surface area contributed by atoms with Crippen LogP contribution in [0.15, 0.2) is 26.0 Å². The quantitative estimate of drug-likeness (QED) is 0.687. The SMILES string of the molecule is CCN(C(C)CN(C)C)S(=O)(=O)c1c(Br)cc(N)cc1Br. The van der Waals surface area contributed by atoms with Crippen molar-refractivity contribution in [3.8, 4) is 0 Å². The number of likely N-dealkylation sites (N-methyl/N-ethyl adjacent to an activating group) is 2. The number of hydrogen-bond acceptors (Lipinski definition) is 4. The van der Waals surface area contributed by atoms with Gasteiger partial charge in [0.05, 0.1) is 0 Å². The Bertz CT molecular complexity index is 582. The summed E-state index contributed by atoms with van der Waals surface area (Å²) >= 11 is 6.61. The minimum Gasteiger partial charge on any atom is -0.399 e. The van der Waals surface area contributed by atoms with Crippen molar-refractivity contribution in [3.63, 3.8) is 0 Å². The molecule has 0 bridgehead atoms. The molecule has 120 valence electrons. The van der Waals surface area contributed by atoms with E-state index in [9.17, 15) is 8.42 Å². The van der Waals surface area contributed by atoms with Gasteiger partial charge in [-0.05, 0) is 65.0 Å². The third-order valence-corrected chi connectivity index (χ3v) is 6.99. The van der Waals surface area contributed by atoms with E-state index < -0.39 is 10.0 Å². The van der Waals surface area contributed by atoms with Crippen molar-refractivity contribution in [2.75, 3.05) is 32.9 Å². The highest BCUT2D eigenvalue weighted by molar-refractivity contribution is 9.11. The molecule has 1 unspecified atom stereocenters. The highest BCUT2D eigenvalue weighted by atomic mass is 79.9. The predicted octanol–water partition coefficient (Wildman–Crippen LogP) is 2.75. The second kappa shape index (κ2) is 7.41. The highest BCUT2D eigenvalue weighted by Gasteiger charge is 2.31. The molecular formula is C13H21Br2N3O2S. The zero-order chi connectivity index (χ0) is 16.4. The molecule has 0 saturated heterocycles. The zero-order valence-corrected chi connectivity index (χ0v) is 16.6. The van der Waals surface area contributed by atoms with Crippen LogP contribution in [0, 0.1) is 0 Å². The van der Waals surface area contributed by atoms with Gasteiger partial charge in [0, 0.05) is 33.8 Å². The summed E-state index contributed by atoms with van der Waals surface area (Å²) in [7, 11) is 0.229. The van der Waals surface area contributed by atoms with Gasteiger partial charge in [-0.15, -0.1) is 0 Å². The zero-order valence-electron chi connectivity index (χ0n) is 12.6. The van der Waals surface area contributed by atoms with Gasteiger partial charge in [-0.1, -0.05) is 6.92 Å². The number of nitrogens with two attached hydrogens (primary N) is 1. The monoisotopic (exact) mass is 441 g/mol. The fourth-order valence-electron chi connectivity index (χ4n) is 2.28. The molecule has 0 radical (unpaired) electrons. The van der Waals surface area contributed by atoms with Crippen molar-refractivity contribution >= 4 is 47.6 Å². The van der Waals surface area contributed by atoms with Crippen molar-refractivity contribution in [2.45, 2.75) is 24.8 Å². The first kappa shape index (κ1) is 18.9. The molecule has 0 amide bonds. The van der Waals surface area contributed by atoms with Crippen LogP contribution in [-0.2, 0) is 10.0 Å². The summed E-state index contributed by atoms with van der Waals surface area (Å²) in [5.41, 5.74) is 6.23. The first-order valence-corrected chi connectivity index (χ1v) is 9.55. The van der Waals surface area contributed by atoms with Crippen molar-refractivity contribution in [2.24, 2.45) is 0 Å². The Morgan fingerprint density at radius 1 is 1.24 bits per heavy atom. The Balaban J connectivity index is 3.32. The highest BCUT2D eigenvalue weighted by Crippen LogP contribution is 2.34. The van der Waals surface area contributed by atoms with E-state index in [1.165, 1.54) is 4.31 Å². The van der Waals surface area contributed by atoms with Gasteiger partial charge in [-0.3, -0.25) is 0 Å². The lowest BCUT2D eigenvalue weighted by molar-refractivity contribution is 0.271. The van der Waals surface area contributed by atoms with Gasteiger partial charge >= 0.3 is 0 Å². The third-order valence-electron chi connectivity index (χ3n) is 3.02. The lowest BCUT2D eigenvalue weighted by atomic mass is 10.3. The molecule has 0 aliphatic rings. The standard InChI is InChI=1S/C13H21Br2N3O2S/c1-5-18(9(2)8-17(3)4)21(19,20)13-11(14)6-10(16)7-12(13)15/h6-7,9H,5,8,16H2,1-4H3. The maximum absolute atomic E-state index is 12.9. The van der Waals surface area contributed by atoms with E-state index >= 15 is 0 Å². The van der Waals surface area contributed by atoms with Gasteiger partial charge in [0.25, 0.3) is 0 Å². The van der Waals surface area contributed by atoms with Crippen molar-refractivity contribution in [1.82, 2.24) is 9.21 Å². The number of nitrogens with zero attached hydrogens (tertiary/aromatic N) is 2. The van der Waals surface area contributed by atoms with E-state index in [4.69, 9.17) is 5.73 Å². The van der Waals surface area contributed by atoms with Crippen molar-refractivity contribution in [3.05, 3.63) is 21.1 Å². The van der Waals surface area contributed by atoms with E-state index in [0.29, 0.717) is 27.7 Å². The van der Waals surface area contributed by atoms with Gasteiger partial charge in [-0.25, -0.2) is 8.42 Å². The van der Waals surface area contributed by atoms with Crippen LogP contribution in [0.3, 0.4) is 0 Å². The topological polar surface area (TPSA) is 66.6 Å². The number of hydrogen-bond donors (Lipinski definition) is 1. The van der Waals surface area contributed by atoms with Crippen LogP contribution in [0.1, 0.15) is 13.8 Å². The molecule has 5 nitrogen and oxygen atoms in total. The largest absolute Gasteiger partial charge is 0.399 e. The second-order valence-electron chi connectivity index (χ2n) is 5.13. The molecule has 1 rings (SSSR count). The summed E-state index contributed by atoms with van der Waals surface area (Å²) in [5.74, 6) is 0. The fraction of sp³-hybridized carbons (Fsp3) is 0.538. The van der Waals surface area contributed by atoms with Gasteiger partial charge in [-0.2, -0.15) is 4.31 Å². The molecule has 0 spiro atoms. The predicted molar refractivity (Wildman–Crippen MR) is 93.8 cm³/mol. The van der Waals surface area contributed by atoms with Crippen LogP contribution in [0.25, 0.3) is 0 Å². The molecule has 0 aromatic heterocycles. The van der Waals surface area contributed by atoms with E-state index in [1.807, 2.05) is 32.8 Å². The first-order chi connectivity index (χ1) is 9.61. The van der Waals surface area contributed by atoms with Crippen molar-refractivity contribution < 1.29 is 8.42 Å². The van der Waals surface area contributed by atoms with Gasteiger partial charge in [0.15, 0.2) is 0 Å². The summed E-state index contributed by atoms with van der Waals surface area (Å²) in [6.07, 6.45) is 0. The summed E-state index contributed by atoms with van der Waals surface area (Å²) in [6, 6.07) is 3.07. The fourth-order valence-corrected chi connectivity index (χ4v) is 6.46. The molecule has 0 aliphatic heterocycles. The number of sulfonamides is 1. The van der Waals surface area contributed by atoms with E-state index in [2.05, 4.69) is 31.9 Å². The Kier molecular flexibility index (Phi) is 6.67. The molecule has 21 heavy (non-hydrogen) atoms. The van der Waals surface area contributed by atoms with Crippen LogP contribution in [-0.4, -0.2) is 50.8 Å². The normalized spacial score (nSPS) is 13.9. The molecule has 1 atom stereocenters. The molecule has 1 aromatic rings. The minimum atomic E-state index is -3.62. The number of halogens is 2. The molecule has 0 aliphatic carbocycles. The van der Waals surface area contributed by atoms with Crippen LogP contribution in [0.2, 0.25) is 0 Å². The molecule has 0 heterocycles. The van der Waals surface area contributed by atoms with Gasteiger partial charge in [0.1, 0.15) is 4.90 Å². The second-order valence-corrected chi connectivity index (χ2v) is 8.67. The lowest BCUT2D eigenvalue weighted by Crippen LogP contribution is -2.43. The summed E-state index contributed by atoms with van der Waals surface area (Å²) < 4.78 is 28.3. The van der Waals surface area contributed by atoms with Gasteiger partial charge < -0.3 is 10.6 Å². The Hall–Kier alpha value is -0.150. The van der Waals surface area contributed by atoms with Crippen LogP contribution >= 0.6 is 31.9 Å². The number of nitrogen functional groups attached to an aromatic ring is 1. The van der Waals surface area contributed by atoms with Crippen LogP contribution in [0.4, 0.5) is 5.69 Å². The summed E-state index contributed by atoms with van der Waals surface area (Å²) in [4.78, 5) is 2.18. The average Bonchev–Trinajstić information content (AvgIpc) is 2.25. The van der Waals surface area contributed by atoms with Crippen LogP contribution < -0.4 is 5.73 Å². The summed E-state index contributed by atoms with van der Waals surface area (Å²) in [5, 5.41) is 0. The molecule has 0 fully saturated rings.